The van der Waals surface area contributed by atoms with Gasteiger partial charge in [0.1, 0.15) is 17.4 Å². The fourth-order valence-electron chi connectivity index (χ4n) is 4.08. The van der Waals surface area contributed by atoms with E-state index in [2.05, 4.69) is 17.2 Å². The first kappa shape index (κ1) is 21.8. The molecule has 0 unspecified atom stereocenters. The van der Waals surface area contributed by atoms with Gasteiger partial charge >= 0.3 is 5.69 Å². The Morgan fingerprint density at radius 3 is 2.47 bits per heavy atom. The summed E-state index contributed by atoms with van der Waals surface area (Å²) in [5, 5.41) is 4.51. The lowest BCUT2D eigenvalue weighted by molar-refractivity contribution is -0.134. The van der Waals surface area contributed by atoms with Crippen molar-refractivity contribution in [2.45, 2.75) is 31.7 Å². The normalized spacial score (nSPS) is 14.5. The van der Waals surface area contributed by atoms with Gasteiger partial charge in [0.05, 0.1) is 0 Å². The monoisotopic (exact) mass is 438 g/mol. The Kier molecular flexibility index (Phi) is 6.68. The maximum atomic E-state index is 13.0. The highest BCUT2D eigenvalue weighted by molar-refractivity contribution is 5.77. The first-order valence-electron chi connectivity index (χ1n) is 10.8. The van der Waals surface area contributed by atoms with E-state index in [0.717, 1.165) is 25.1 Å². The molecule has 168 valence electrons. The lowest BCUT2D eigenvalue weighted by Gasteiger charge is -2.31. The average molecular weight is 439 g/mol. The third-order valence-electron chi connectivity index (χ3n) is 5.89. The van der Waals surface area contributed by atoms with Crippen molar-refractivity contribution in [2.24, 2.45) is 7.05 Å². The second-order valence-electron chi connectivity index (χ2n) is 8.05. The van der Waals surface area contributed by atoms with E-state index in [9.17, 15) is 14.0 Å². The molecule has 0 aliphatic carbocycles. The zero-order valence-electron chi connectivity index (χ0n) is 18.1. The van der Waals surface area contributed by atoms with Crippen LogP contribution in [0.15, 0.2) is 59.4 Å². The molecule has 0 N–H and O–H groups in total. The summed E-state index contributed by atoms with van der Waals surface area (Å²) in [4.78, 5) is 26.9. The quantitative estimate of drug-likeness (QED) is 0.569. The summed E-state index contributed by atoms with van der Waals surface area (Å²) in [6.07, 6.45) is 2.24. The molecule has 3 aromatic rings. The standard InChI is InChI=1S/C24H27FN4O3/c1-27-24(31)29(16-11-18-5-3-2-4-6-18)23(26-27)19-12-14-28(15-13-19)22(30)17-32-21-9-7-20(25)8-10-21/h2-10,19H,11-17H2,1H3. The summed E-state index contributed by atoms with van der Waals surface area (Å²) < 4.78 is 21.6. The predicted octanol–water partition coefficient (Wildman–Crippen LogP) is 2.75. The van der Waals surface area contributed by atoms with Crippen LogP contribution in [0.2, 0.25) is 0 Å². The molecule has 8 heteroatoms. The molecule has 0 saturated carbocycles. The van der Waals surface area contributed by atoms with Crippen molar-refractivity contribution in [1.29, 1.82) is 0 Å². The zero-order chi connectivity index (χ0) is 22.5. The van der Waals surface area contributed by atoms with Gasteiger partial charge in [0, 0.05) is 32.6 Å². The van der Waals surface area contributed by atoms with Crippen LogP contribution in [0.25, 0.3) is 0 Å². The van der Waals surface area contributed by atoms with Crippen molar-refractivity contribution in [3.8, 4) is 5.75 Å². The molecule has 0 radical (unpaired) electrons. The van der Waals surface area contributed by atoms with E-state index in [1.165, 1.54) is 34.5 Å². The largest absolute Gasteiger partial charge is 0.484 e. The van der Waals surface area contributed by atoms with Gasteiger partial charge in [-0.15, -0.1) is 0 Å². The Balaban J connectivity index is 1.34. The Morgan fingerprint density at radius 2 is 1.78 bits per heavy atom. The van der Waals surface area contributed by atoms with Crippen molar-refractivity contribution in [1.82, 2.24) is 19.2 Å². The van der Waals surface area contributed by atoms with E-state index in [1.807, 2.05) is 18.2 Å². The van der Waals surface area contributed by atoms with Gasteiger partial charge in [0.25, 0.3) is 5.91 Å². The van der Waals surface area contributed by atoms with E-state index >= 15 is 0 Å². The number of aryl methyl sites for hydroxylation is 2. The van der Waals surface area contributed by atoms with Crippen LogP contribution in [0, 0.1) is 5.82 Å². The van der Waals surface area contributed by atoms with Crippen molar-refractivity contribution in [2.75, 3.05) is 19.7 Å². The number of likely N-dealkylation sites (tertiary alicyclic amines) is 1. The van der Waals surface area contributed by atoms with Gasteiger partial charge in [-0.25, -0.2) is 13.9 Å². The number of hydrogen-bond donors (Lipinski definition) is 0. The number of nitrogens with zero attached hydrogens (tertiary/aromatic N) is 4. The molecule has 1 saturated heterocycles. The third kappa shape index (κ3) is 5.07. The Labute approximate surface area is 186 Å². The second-order valence-corrected chi connectivity index (χ2v) is 8.05. The number of ether oxygens (including phenoxy) is 1. The van der Waals surface area contributed by atoms with Crippen LogP contribution in [0.4, 0.5) is 4.39 Å². The third-order valence-corrected chi connectivity index (χ3v) is 5.89. The number of amides is 1. The number of piperidine rings is 1. The highest BCUT2D eigenvalue weighted by atomic mass is 19.1. The first-order valence-corrected chi connectivity index (χ1v) is 10.8. The van der Waals surface area contributed by atoms with E-state index in [0.29, 0.717) is 25.4 Å². The van der Waals surface area contributed by atoms with Crippen LogP contribution < -0.4 is 10.4 Å². The summed E-state index contributed by atoms with van der Waals surface area (Å²) in [6, 6.07) is 15.7. The molecule has 1 aliphatic rings. The Morgan fingerprint density at radius 1 is 1.09 bits per heavy atom. The van der Waals surface area contributed by atoms with Crippen LogP contribution in [0.3, 0.4) is 0 Å². The fraction of sp³-hybridized carbons (Fsp3) is 0.375. The molecular weight excluding hydrogens is 411 g/mol. The minimum Gasteiger partial charge on any atom is -0.484 e. The van der Waals surface area contributed by atoms with Gasteiger partial charge in [0.15, 0.2) is 6.61 Å². The second kappa shape index (κ2) is 9.80. The molecule has 1 aliphatic heterocycles. The number of carbonyl (C=O) groups is 1. The Bertz CT molecular complexity index is 1100. The topological polar surface area (TPSA) is 69.4 Å². The molecular formula is C24H27FN4O3. The highest BCUT2D eigenvalue weighted by Gasteiger charge is 2.28. The molecule has 0 bridgehead atoms. The molecule has 0 spiro atoms. The van der Waals surface area contributed by atoms with Crippen LogP contribution >= 0.6 is 0 Å². The molecule has 2 heterocycles. The van der Waals surface area contributed by atoms with Crippen LogP contribution in [-0.2, 0) is 24.8 Å². The number of hydrogen-bond acceptors (Lipinski definition) is 4. The molecule has 2 aromatic carbocycles. The summed E-state index contributed by atoms with van der Waals surface area (Å²) in [7, 11) is 1.68. The first-order chi connectivity index (χ1) is 15.5. The summed E-state index contributed by atoms with van der Waals surface area (Å²) >= 11 is 0. The van der Waals surface area contributed by atoms with Crippen LogP contribution in [-0.4, -0.2) is 44.9 Å². The van der Waals surface area contributed by atoms with Gasteiger partial charge < -0.3 is 9.64 Å². The highest BCUT2D eigenvalue weighted by Crippen LogP contribution is 2.26. The van der Waals surface area contributed by atoms with Crippen molar-refractivity contribution >= 4 is 5.91 Å². The Hall–Kier alpha value is -3.42. The minimum atomic E-state index is -0.345. The fourth-order valence-corrected chi connectivity index (χ4v) is 4.08. The molecule has 32 heavy (non-hydrogen) atoms. The molecule has 1 fully saturated rings. The maximum Gasteiger partial charge on any atom is 0.345 e. The molecule has 1 aromatic heterocycles. The van der Waals surface area contributed by atoms with E-state index in [1.54, 1.807) is 16.5 Å². The number of carbonyl (C=O) groups excluding carboxylic acids is 1. The smallest absolute Gasteiger partial charge is 0.345 e. The molecule has 4 rings (SSSR count). The molecule has 1 amide bonds. The summed E-state index contributed by atoms with van der Waals surface area (Å²) in [5.41, 5.74) is 1.07. The van der Waals surface area contributed by atoms with Crippen molar-refractivity contribution < 1.29 is 13.9 Å². The molecule has 0 atom stereocenters. The van der Waals surface area contributed by atoms with Gasteiger partial charge in [-0.05, 0) is 49.1 Å². The van der Waals surface area contributed by atoms with E-state index in [4.69, 9.17) is 4.74 Å². The number of rotatable bonds is 7. The number of aromatic nitrogens is 3. The SMILES string of the molecule is Cn1nc(C2CCN(C(=O)COc3ccc(F)cc3)CC2)n(CCc2ccccc2)c1=O. The van der Waals surface area contributed by atoms with E-state index in [-0.39, 0.29) is 29.9 Å². The van der Waals surface area contributed by atoms with E-state index < -0.39 is 0 Å². The minimum absolute atomic E-state index is 0.0817. The maximum absolute atomic E-state index is 13.0. The summed E-state index contributed by atoms with van der Waals surface area (Å²) in [6.45, 7) is 1.66. The van der Waals surface area contributed by atoms with Gasteiger partial charge in [0.2, 0.25) is 0 Å². The lowest BCUT2D eigenvalue weighted by atomic mass is 9.95. The lowest BCUT2D eigenvalue weighted by Crippen LogP contribution is -2.41. The average Bonchev–Trinajstić information content (AvgIpc) is 3.11. The zero-order valence-corrected chi connectivity index (χ0v) is 18.1. The van der Waals surface area contributed by atoms with Gasteiger partial charge in [-0.1, -0.05) is 30.3 Å². The van der Waals surface area contributed by atoms with Gasteiger partial charge in [-0.3, -0.25) is 9.36 Å². The van der Waals surface area contributed by atoms with Crippen LogP contribution in [0.1, 0.15) is 30.1 Å². The van der Waals surface area contributed by atoms with Crippen molar-refractivity contribution in [3.63, 3.8) is 0 Å². The predicted molar refractivity (Wildman–Crippen MR) is 118 cm³/mol. The number of halogens is 1. The summed E-state index contributed by atoms with van der Waals surface area (Å²) in [5.74, 6) is 0.938. The van der Waals surface area contributed by atoms with Gasteiger partial charge in [-0.2, -0.15) is 5.10 Å². The molecule has 7 nitrogen and oxygen atoms in total. The van der Waals surface area contributed by atoms with Crippen molar-refractivity contribution in [3.05, 3.63) is 82.3 Å². The van der Waals surface area contributed by atoms with Crippen LogP contribution in [0.5, 0.6) is 5.75 Å². The number of benzene rings is 2.